The first-order valence-electron chi connectivity index (χ1n) is 5.07. The van der Waals surface area contributed by atoms with Gasteiger partial charge in [0.2, 0.25) is 10.0 Å². The van der Waals surface area contributed by atoms with Gasteiger partial charge in [0.25, 0.3) is 0 Å². The van der Waals surface area contributed by atoms with Gasteiger partial charge in [0.15, 0.2) is 0 Å². The molecule has 0 aliphatic rings. The maximum absolute atomic E-state index is 12.7. The maximum Gasteiger partial charge on any atom is 0.326 e. The Hall–Kier alpha value is -1.47. The Kier molecular flexibility index (Phi) is 4.08. The van der Waals surface area contributed by atoms with Crippen molar-refractivity contribution in [3.05, 3.63) is 30.1 Å². The predicted octanol–water partition coefficient (Wildman–Crippen LogP) is 1.06. The number of hydrogen-bond acceptors (Lipinski definition) is 4. The first-order valence-corrected chi connectivity index (χ1v) is 6.55. The molecule has 0 unspecified atom stereocenters. The van der Waals surface area contributed by atoms with E-state index in [9.17, 15) is 17.6 Å². The minimum atomic E-state index is -3.91. The van der Waals surface area contributed by atoms with E-state index in [4.69, 9.17) is 0 Å². The van der Waals surface area contributed by atoms with Crippen LogP contribution in [0.25, 0.3) is 0 Å². The van der Waals surface area contributed by atoms with E-state index in [1.165, 1.54) is 13.8 Å². The fourth-order valence-electron chi connectivity index (χ4n) is 1.31. The molecule has 0 amide bonds. The molecule has 7 heteroatoms. The highest BCUT2D eigenvalue weighted by Crippen LogP contribution is 2.14. The van der Waals surface area contributed by atoms with E-state index in [-0.39, 0.29) is 4.90 Å². The van der Waals surface area contributed by atoms with Gasteiger partial charge in [-0.25, -0.2) is 12.8 Å². The van der Waals surface area contributed by atoms with Crippen molar-refractivity contribution in [2.75, 3.05) is 7.11 Å². The molecule has 1 rings (SSSR count). The average molecular weight is 275 g/mol. The van der Waals surface area contributed by atoms with Gasteiger partial charge >= 0.3 is 5.97 Å². The summed E-state index contributed by atoms with van der Waals surface area (Å²) in [6, 6.07) is 4.29. The van der Waals surface area contributed by atoms with Crippen molar-refractivity contribution >= 4 is 16.0 Å². The molecule has 0 spiro atoms. The van der Waals surface area contributed by atoms with Crippen molar-refractivity contribution in [1.82, 2.24) is 4.72 Å². The molecule has 0 heterocycles. The van der Waals surface area contributed by atoms with Gasteiger partial charge in [-0.3, -0.25) is 4.79 Å². The van der Waals surface area contributed by atoms with Gasteiger partial charge in [0.1, 0.15) is 11.4 Å². The van der Waals surface area contributed by atoms with E-state index in [1.807, 2.05) is 0 Å². The fourth-order valence-corrected chi connectivity index (χ4v) is 2.67. The second-order valence-corrected chi connectivity index (χ2v) is 5.86. The molecule has 0 aromatic heterocycles. The van der Waals surface area contributed by atoms with Crippen LogP contribution in [0.3, 0.4) is 0 Å². The third kappa shape index (κ3) is 3.27. The standard InChI is InChI=1S/C11H14FNO4S/c1-11(2,10(14)17-3)13-18(15,16)9-6-4-8(12)5-7-9/h4-7,13H,1-3H3. The van der Waals surface area contributed by atoms with Crippen molar-refractivity contribution in [2.24, 2.45) is 0 Å². The molecule has 18 heavy (non-hydrogen) atoms. The number of hydrogen-bond donors (Lipinski definition) is 1. The lowest BCUT2D eigenvalue weighted by Crippen LogP contribution is -2.50. The van der Waals surface area contributed by atoms with Gasteiger partial charge in [0, 0.05) is 0 Å². The van der Waals surface area contributed by atoms with E-state index >= 15 is 0 Å². The van der Waals surface area contributed by atoms with Crippen molar-refractivity contribution in [1.29, 1.82) is 0 Å². The van der Waals surface area contributed by atoms with Crippen molar-refractivity contribution in [3.8, 4) is 0 Å². The number of rotatable bonds is 4. The van der Waals surface area contributed by atoms with Crippen molar-refractivity contribution in [3.63, 3.8) is 0 Å². The van der Waals surface area contributed by atoms with Crippen LogP contribution >= 0.6 is 0 Å². The highest BCUT2D eigenvalue weighted by atomic mass is 32.2. The van der Waals surface area contributed by atoms with Crippen LogP contribution < -0.4 is 4.72 Å². The lowest BCUT2D eigenvalue weighted by Gasteiger charge is -2.22. The molecule has 0 aliphatic carbocycles. The normalized spacial score (nSPS) is 12.2. The third-order valence-electron chi connectivity index (χ3n) is 2.21. The van der Waals surface area contributed by atoms with Crippen LogP contribution in [-0.2, 0) is 19.6 Å². The monoisotopic (exact) mass is 275 g/mol. The van der Waals surface area contributed by atoms with Crippen molar-refractivity contribution in [2.45, 2.75) is 24.3 Å². The van der Waals surface area contributed by atoms with E-state index in [0.717, 1.165) is 31.4 Å². The number of carbonyl (C=O) groups excluding carboxylic acids is 1. The summed E-state index contributed by atoms with van der Waals surface area (Å²) >= 11 is 0. The number of ether oxygens (including phenoxy) is 1. The van der Waals surface area contributed by atoms with Gasteiger partial charge in [-0.15, -0.1) is 0 Å². The Morgan fingerprint density at radius 1 is 1.28 bits per heavy atom. The maximum atomic E-state index is 12.7. The molecule has 1 N–H and O–H groups in total. The number of halogens is 1. The Morgan fingerprint density at radius 2 is 1.78 bits per heavy atom. The number of benzene rings is 1. The third-order valence-corrected chi connectivity index (χ3v) is 3.88. The first kappa shape index (κ1) is 14.6. The van der Waals surface area contributed by atoms with Gasteiger partial charge in [-0.1, -0.05) is 0 Å². The number of nitrogens with one attached hydrogen (secondary N) is 1. The molecule has 0 atom stereocenters. The zero-order valence-corrected chi connectivity index (χ0v) is 11.0. The second-order valence-electron chi connectivity index (χ2n) is 4.18. The summed E-state index contributed by atoms with van der Waals surface area (Å²) in [5, 5.41) is 0. The summed E-state index contributed by atoms with van der Waals surface area (Å²) in [5.74, 6) is -1.26. The largest absolute Gasteiger partial charge is 0.468 e. The molecule has 0 radical (unpaired) electrons. The van der Waals surface area contributed by atoms with Crippen LogP contribution in [0.5, 0.6) is 0 Å². The Bertz CT molecular complexity index is 537. The van der Waals surface area contributed by atoms with Crippen LogP contribution in [-0.4, -0.2) is 27.0 Å². The molecule has 0 saturated carbocycles. The molecule has 0 saturated heterocycles. The Balaban J connectivity index is 3.02. The molecule has 100 valence electrons. The summed E-state index contributed by atoms with van der Waals surface area (Å²) < 4.78 is 43.3. The SMILES string of the molecule is COC(=O)C(C)(C)NS(=O)(=O)c1ccc(F)cc1. The van der Waals surface area contributed by atoms with E-state index < -0.39 is 27.3 Å². The highest BCUT2D eigenvalue weighted by Gasteiger charge is 2.34. The zero-order valence-electron chi connectivity index (χ0n) is 10.2. The zero-order chi connectivity index (χ0) is 14.0. The number of sulfonamides is 1. The molecular weight excluding hydrogens is 261 g/mol. The summed E-state index contributed by atoms with van der Waals surface area (Å²) in [4.78, 5) is 11.3. The highest BCUT2D eigenvalue weighted by molar-refractivity contribution is 7.89. The van der Waals surface area contributed by atoms with Crippen LogP contribution in [0.15, 0.2) is 29.2 Å². The van der Waals surface area contributed by atoms with Gasteiger partial charge in [0.05, 0.1) is 12.0 Å². The molecule has 0 fully saturated rings. The smallest absolute Gasteiger partial charge is 0.326 e. The van der Waals surface area contributed by atoms with E-state index in [0.29, 0.717) is 0 Å². The fraction of sp³-hybridized carbons (Fsp3) is 0.364. The number of carbonyl (C=O) groups is 1. The van der Waals surface area contributed by atoms with Crippen LogP contribution in [0.2, 0.25) is 0 Å². The number of esters is 1. The van der Waals surface area contributed by atoms with E-state index in [2.05, 4.69) is 9.46 Å². The lowest BCUT2D eigenvalue weighted by atomic mass is 10.1. The molecule has 5 nitrogen and oxygen atoms in total. The average Bonchev–Trinajstić information content (AvgIpc) is 2.27. The lowest BCUT2D eigenvalue weighted by molar-refractivity contribution is -0.146. The summed E-state index contributed by atoms with van der Waals surface area (Å²) in [6.07, 6.45) is 0. The van der Waals surface area contributed by atoms with Gasteiger partial charge in [-0.2, -0.15) is 4.72 Å². The quantitative estimate of drug-likeness (QED) is 0.834. The Morgan fingerprint density at radius 3 is 2.22 bits per heavy atom. The van der Waals surface area contributed by atoms with Crippen LogP contribution in [0.1, 0.15) is 13.8 Å². The van der Waals surface area contributed by atoms with Gasteiger partial charge < -0.3 is 4.74 Å². The molecular formula is C11H14FNO4S. The van der Waals surface area contributed by atoms with E-state index in [1.54, 1.807) is 0 Å². The minimum absolute atomic E-state index is 0.124. The first-order chi connectivity index (χ1) is 8.19. The second kappa shape index (κ2) is 5.03. The van der Waals surface area contributed by atoms with Crippen molar-refractivity contribution < 1.29 is 22.3 Å². The minimum Gasteiger partial charge on any atom is -0.468 e. The molecule has 1 aromatic carbocycles. The molecule has 1 aromatic rings. The Labute approximate surface area is 105 Å². The predicted molar refractivity (Wildman–Crippen MR) is 62.8 cm³/mol. The molecule has 0 aliphatic heterocycles. The summed E-state index contributed by atoms with van der Waals surface area (Å²) in [6.45, 7) is 2.75. The van der Waals surface area contributed by atoms with Crippen LogP contribution in [0.4, 0.5) is 4.39 Å². The summed E-state index contributed by atoms with van der Waals surface area (Å²) in [7, 11) is -2.74. The van der Waals surface area contributed by atoms with Crippen LogP contribution in [0, 0.1) is 5.82 Å². The topological polar surface area (TPSA) is 72.5 Å². The molecule has 0 bridgehead atoms. The summed E-state index contributed by atoms with van der Waals surface area (Å²) in [5.41, 5.74) is -1.40. The van der Waals surface area contributed by atoms with Gasteiger partial charge in [-0.05, 0) is 38.1 Å². The number of methoxy groups -OCH3 is 1.